The van der Waals surface area contributed by atoms with E-state index >= 15 is 0 Å². The highest BCUT2D eigenvalue weighted by Crippen LogP contribution is 2.29. The molecule has 3 aliphatic heterocycles. The van der Waals surface area contributed by atoms with Crippen molar-refractivity contribution in [3.63, 3.8) is 0 Å². The van der Waals surface area contributed by atoms with Crippen molar-refractivity contribution in [1.29, 1.82) is 0 Å². The molecule has 0 aromatic heterocycles. The van der Waals surface area contributed by atoms with Crippen LogP contribution in [0.25, 0.3) is 0 Å². The van der Waals surface area contributed by atoms with E-state index in [2.05, 4.69) is 31.5 Å². The molecule has 10 nitrogen and oxygen atoms in total. The van der Waals surface area contributed by atoms with Crippen LogP contribution in [0.3, 0.4) is 0 Å². The highest BCUT2D eigenvalue weighted by molar-refractivity contribution is 9.09. The van der Waals surface area contributed by atoms with Crippen LogP contribution in [0.5, 0.6) is 0 Å². The molecule has 0 radical (unpaired) electrons. The van der Waals surface area contributed by atoms with E-state index in [4.69, 9.17) is 0 Å². The molecule has 11 heteroatoms. The number of hydrogen-bond donors (Lipinski definition) is 2. The lowest BCUT2D eigenvalue weighted by molar-refractivity contribution is -0.136. The normalized spacial score (nSPS) is 20.5. The fourth-order valence-electron chi connectivity index (χ4n) is 4.87. The van der Waals surface area contributed by atoms with Crippen LogP contribution >= 0.6 is 15.9 Å². The van der Waals surface area contributed by atoms with Gasteiger partial charge in [0.05, 0.1) is 11.1 Å². The summed E-state index contributed by atoms with van der Waals surface area (Å²) in [6, 6.07) is 4.04. The average molecular weight is 562 g/mol. The maximum absolute atomic E-state index is 13.0. The van der Waals surface area contributed by atoms with E-state index < -0.39 is 29.7 Å². The molecule has 1 unspecified atom stereocenters. The zero-order valence-electron chi connectivity index (χ0n) is 20.3. The zero-order chi connectivity index (χ0) is 25.7. The summed E-state index contributed by atoms with van der Waals surface area (Å²) in [4.78, 5) is 67.0. The van der Waals surface area contributed by atoms with Gasteiger partial charge in [-0.25, -0.2) is 0 Å². The van der Waals surface area contributed by atoms with E-state index in [0.717, 1.165) is 67.9 Å². The Hall–Kier alpha value is -2.79. The van der Waals surface area contributed by atoms with Gasteiger partial charge in [0, 0.05) is 63.1 Å². The number of imide groups is 2. The Kier molecular flexibility index (Phi) is 8.73. The van der Waals surface area contributed by atoms with Crippen molar-refractivity contribution >= 4 is 51.2 Å². The second-order valence-electron chi connectivity index (χ2n) is 9.36. The molecule has 1 aromatic rings. The summed E-state index contributed by atoms with van der Waals surface area (Å²) in [7, 11) is 0. The fraction of sp³-hybridized carbons (Fsp3) is 0.560. The van der Waals surface area contributed by atoms with E-state index in [-0.39, 0.29) is 29.9 Å². The number of amides is 5. The van der Waals surface area contributed by atoms with Crippen molar-refractivity contribution in [1.82, 2.24) is 20.0 Å². The lowest BCUT2D eigenvalue weighted by atomic mass is 10.0. The van der Waals surface area contributed by atoms with E-state index in [9.17, 15) is 24.0 Å². The topological polar surface area (TPSA) is 119 Å². The predicted octanol–water partition coefficient (Wildman–Crippen LogP) is 1.60. The van der Waals surface area contributed by atoms with E-state index in [0.29, 0.717) is 13.0 Å². The maximum atomic E-state index is 13.0. The van der Waals surface area contributed by atoms with Crippen molar-refractivity contribution < 1.29 is 24.0 Å². The van der Waals surface area contributed by atoms with Crippen LogP contribution in [0.2, 0.25) is 0 Å². The molecule has 0 saturated carbocycles. The quantitative estimate of drug-likeness (QED) is 0.253. The van der Waals surface area contributed by atoms with Gasteiger partial charge in [-0.3, -0.25) is 39.1 Å². The largest absolute Gasteiger partial charge is 0.384 e. The molecule has 36 heavy (non-hydrogen) atoms. The molecule has 4 rings (SSSR count). The van der Waals surface area contributed by atoms with Crippen molar-refractivity contribution in [2.75, 3.05) is 49.9 Å². The monoisotopic (exact) mass is 561 g/mol. The Morgan fingerprint density at radius 2 is 1.75 bits per heavy atom. The number of piperidine rings is 1. The summed E-state index contributed by atoms with van der Waals surface area (Å²) in [5.41, 5.74) is 1.25. The Labute approximate surface area is 218 Å². The van der Waals surface area contributed by atoms with Crippen LogP contribution in [-0.4, -0.2) is 94.9 Å². The van der Waals surface area contributed by atoms with Gasteiger partial charge < -0.3 is 10.2 Å². The van der Waals surface area contributed by atoms with Gasteiger partial charge in [0.15, 0.2) is 0 Å². The molecule has 2 fully saturated rings. The lowest BCUT2D eigenvalue weighted by Crippen LogP contribution is -2.54. The molecule has 1 atom stereocenters. The number of piperazine rings is 1. The van der Waals surface area contributed by atoms with Crippen molar-refractivity contribution in [2.45, 2.75) is 44.6 Å². The van der Waals surface area contributed by atoms with Crippen molar-refractivity contribution in [3.8, 4) is 0 Å². The number of benzene rings is 1. The van der Waals surface area contributed by atoms with Crippen LogP contribution in [0, 0.1) is 0 Å². The number of anilines is 1. The summed E-state index contributed by atoms with van der Waals surface area (Å²) in [6.07, 6.45) is 3.96. The second kappa shape index (κ2) is 12.0. The minimum atomic E-state index is -0.966. The van der Waals surface area contributed by atoms with E-state index in [1.54, 1.807) is 18.2 Å². The third-order valence-electron chi connectivity index (χ3n) is 6.95. The number of alkyl halides is 1. The van der Waals surface area contributed by atoms with Crippen molar-refractivity contribution in [3.05, 3.63) is 29.3 Å². The van der Waals surface area contributed by atoms with Gasteiger partial charge in [-0.05, 0) is 37.5 Å². The van der Waals surface area contributed by atoms with Gasteiger partial charge in [-0.15, -0.1) is 0 Å². The predicted molar refractivity (Wildman–Crippen MR) is 137 cm³/mol. The van der Waals surface area contributed by atoms with Gasteiger partial charge in [-0.2, -0.15) is 0 Å². The van der Waals surface area contributed by atoms with Crippen LogP contribution in [0.15, 0.2) is 18.2 Å². The third kappa shape index (κ3) is 5.95. The SMILES string of the molecule is O=C1CCC(N2C(=O)c3ccc(NCCN4CCN(C(=O)CCCCCBr)CC4)cc3C2=O)C(=O)N1. The maximum Gasteiger partial charge on any atom is 0.262 e. The smallest absolute Gasteiger partial charge is 0.262 e. The Balaban J connectivity index is 1.24. The number of halogens is 1. The Morgan fingerprint density at radius 3 is 2.47 bits per heavy atom. The number of nitrogens with one attached hydrogen (secondary N) is 2. The molecule has 194 valence electrons. The molecule has 2 N–H and O–H groups in total. The highest BCUT2D eigenvalue weighted by atomic mass is 79.9. The first-order valence-electron chi connectivity index (χ1n) is 12.5. The van der Waals surface area contributed by atoms with Crippen molar-refractivity contribution in [2.24, 2.45) is 0 Å². The molecule has 0 bridgehead atoms. The molecule has 5 amide bonds. The summed E-state index contributed by atoms with van der Waals surface area (Å²) in [6.45, 7) is 4.57. The van der Waals surface area contributed by atoms with E-state index in [1.807, 2.05) is 4.90 Å². The third-order valence-corrected chi connectivity index (χ3v) is 7.51. The number of carbonyl (C=O) groups excluding carboxylic acids is 5. The number of carbonyl (C=O) groups is 5. The van der Waals surface area contributed by atoms with Gasteiger partial charge in [-0.1, -0.05) is 22.4 Å². The first-order valence-corrected chi connectivity index (χ1v) is 13.7. The minimum absolute atomic E-state index is 0.0937. The summed E-state index contributed by atoms with van der Waals surface area (Å²) in [5, 5.41) is 6.49. The second-order valence-corrected chi connectivity index (χ2v) is 10.1. The lowest BCUT2D eigenvalue weighted by Gasteiger charge is -2.35. The Morgan fingerprint density at radius 1 is 1.00 bits per heavy atom. The van der Waals surface area contributed by atoms with Crippen LogP contribution in [0.1, 0.15) is 59.2 Å². The molecule has 2 saturated heterocycles. The number of fused-ring (bicyclic) bond motifs is 1. The van der Waals surface area contributed by atoms with Gasteiger partial charge in [0.1, 0.15) is 6.04 Å². The molecular weight excluding hydrogens is 530 g/mol. The molecule has 3 aliphatic rings. The van der Waals surface area contributed by atoms with Crippen LogP contribution in [0.4, 0.5) is 5.69 Å². The zero-order valence-corrected chi connectivity index (χ0v) is 21.8. The number of rotatable bonds is 10. The summed E-state index contributed by atoms with van der Waals surface area (Å²) < 4.78 is 0. The molecule has 1 aromatic carbocycles. The summed E-state index contributed by atoms with van der Waals surface area (Å²) >= 11 is 3.42. The van der Waals surface area contributed by atoms with Crippen LogP contribution < -0.4 is 10.6 Å². The van der Waals surface area contributed by atoms with Crippen LogP contribution in [-0.2, 0) is 14.4 Å². The Bertz CT molecular complexity index is 1040. The molecule has 0 aliphatic carbocycles. The average Bonchev–Trinajstić information content (AvgIpc) is 3.11. The highest BCUT2D eigenvalue weighted by Gasteiger charge is 2.44. The molecular formula is C25H32BrN5O5. The first kappa shape index (κ1) is 26.3. The number of hydrogen-bond acceptors (Lipinski definition) is 7. The molecule has 0 spiro atoms. The standard InChI is InChI=1S/C25H32BrN5O5/c26-9-3-1-2-4-22(33)30-14-12-29(13-15-30)11-10-27-17-5-6-18-19(16-17)25(36)31(24(18)35)20-7-8-21(32)28-23(20)34/h5-6,16,20,27H,1-4,7-15H2,(H,28,32,34). The number of unbranched alkanes of at least 4 members (excludes halogenated alkanes) is 2. The van der Waals surface area contributed by atoms with Gasteiger partial charge >= 0.3 is 0 Å². The summed E-state index contributed by atoms with van der Waals surface area (Å²) in [5.74, 6) is -1.79. The van der Waals surface area contributed by atoms with Gasteiger partial charge in [0.25, 0.3) is 11.8 Å². The van der Waals surface area contributed by atoms with E-state index in [1.165, 1.54) is 0 Å². The van der Waals surface area contributed by atoms with Gasteiger partial charge in [0.2, 0.25) is 17.7 Å². The minimum Gasteiger partial charge on any atom is -0.384 e. The number of nitrogens with zero attached hydrogens (tertiary/aromatic N) is 3. The molecule has 3 heterocycles. The first-order chi connectivity index (χ1) is 17.4. The fourth-order valence-corrected chi connectivity index (χ4v) is 5.26.